The largest absolute Gasteiger partial charge is 0.489 e. The van der Waals surface area contributed by atoms with Gasteiger partial charge in [0.05, 0.1) is 13.2 Å². The number of aliphatic imine (C=N–C) groups is 1. The van der Waals surface area contributed by atoms with Crippen molar-refractivity contribution < 1.29 is 9.47 Å². The molecule has 0 unspecified atom stereocenters. The van der Waals surface area contributed by atoms with E-state index in [0.29, 0.717) is 6.61 Å². The Balaban J connectivity index is 1.36. The van der Waals surface area contributed by atoms with Crippen molar-refractivity contribution >= 4 is 5.96 Å². The Morgan fingerprint density at radius 3 is 2.55 bits per heavy atom. The highest BCUT2D eigenvalue weighted by atomic mass is 16.5. The van der Waals surface area contributed by atoms with Crippen LogP contribution in [0.3, 0.4) is 0 Å². The second-order valence-corrected chi connectivity index (χ2v) is 7.05. The molecule has 156 valence electrons. The van der Waals surface area contributed by atoms with Crippen molar-refractivity contribution in [2.45, 2.75) is 13.0 Å². The summed E-state index contributed by atoms with van der Waals surface area (Å²) in [6.45, 7) is 6.98. The maximum absolute atomic E-state index is 5.92. The molecule has 1 heterocycles. The lowest BCUT2D eigenvalue weighted by atomic mass is 10.1. The van der Waals surface area contributed by atoms with E-state index in [-0.39, 0.29) is 0 Å². The molecule has 0 aliphatic carbocycles. The third kappa shape index (κ3) is 7.75. The molecule has 0 amide bonds. The number of benzene rings is 2. The number of ether oxygens (including phenoxy) is 2. The Kier molecular flexibility index (Phi) is 8.82. The van der Waals surface area contributed by atoms with E-state index in [1.807, 2.05) is 37.4 Å². The average molecular weight is 397 g/mol. The Morgan fingerprint density at radius 2 is 1.76 bits per heavy atom. The van der Waals surface area contributed by atoms with E-state index in [1.165, 1.54) is 11.1 Å². The van der Waals surface area contributed by atoms with Gasteiger partial charge in [-0.25, -0.2) is 0 Å². The van der Waals surface area contributed by atoms with Crippen molar-refractivity contribution in [2.24, 2.45) is 4.99 Å². The maximum Gasteiger partial charge on any atom is 0.191 e. The van der Waals surface area contributed by atoms with Crippen LogP contribution in [0.15, 0.2) is 59.6 Å². The van der Waals surface area contributed by atoms with E-state index in [0.717, 1.165) is 64.1 Å². The molecule has 1 aliphatic heterocycles. The Bertz CT molecular complexity index is 746. The standard InChI is InChI=1S/C23H32N4O2/c1-24-23(26-12-13-27-14-16-28-17-15-27)25-11-10-20-8-5-9-22(18-20)29-19-21-6-3-2-4-7-21/h2-9,18H,10-17,19H2,1H3,(H2,24,25,26). The maximum atomic E-state index is 5.92. The van der Waals surface area contributed by atoms with Crippen LogP contribution in [0, 0.1) is 0 Å². The van der Waals surface area contributed by atoms with Gasteiger partial charge in [0.25, 0.3) is 0 Å². The molecule has 0 aromatic heterocycles. The molecule has 2 aromatic carbocycles. The Morgan fingerprint density at radius 1 is 1.00 bits per heavy atom. The summed E-state index contributed by atoms with van der Waals surface area (Å²) in [5, 5.41) is 6.77. The first-order valence-electron chi connectivity index (χ1n) is 10.3. The fourth-order valence-electron chi connectivity index (χ4n) is 3.23. The van der Waals surface area contributed by atoms with Crippen molar-refractivity contribution in [1.82, 2.24) is 15.5 Å². The lowest BCUT2D eigenvalue weighted by Crippen LogP contribution is -2.44. The van der Waals surface area contributed by atoms with Crippen LogP contribution in [0.5, 0.6) is 5.75 Å². The van der Waals surface area contributed by atoms with Gasteiger partial charge in [-0.05, 0) is 29.7 Å². The highest BCUT2D eigenvalue weighted by molar-refractivity contribution is 5.79. The predicted molar refractivity (Wildman–Crippen MR) is 118 cm³/mol. The molecule has 0 saturated carbocycles. The second kappa shape index (κ2) is 12.1. The second-order valence-electron chi connectivity index (χ2n) is 7.05. The summed E-state index contributed by atoms with van der Waals surface area (Å²) in [7, 11) is 1.81. The minimum absolute atomic E-state index is 0.586. The summed E-state index contributed by atoms with van der Waals surface area (Å²) < 4.78 is 11.3. The molecule has 1 saturated heterocycles. The van der Waals surface area contributed by atoms with Crippen LogP contribution < -0.4 is 15.4 Å². The highest BCUT2D eigenvalue weighted by Gasteiger charge is 2.09. The molecule has 0 spiro atoms. The van der Waals surface area contributed by atoms with Gasteiger partial charge < -0.3 is 20.1 Å². The summed E-state index contributed by atoms with van der Waals surface area (Å²) >= 11 is 0. The molecule has 6 nitrogen and oxygen atoms in total. The summed E-state index contributed by atoms with van der Waals surface area (Å²) in [6, 6.07) is 18.5. The number of rotatable bonds is 9. The predicted octanol–water partition coefficient (Wildman–Crippen LogP) is 2.31. The molecule has 0 atom stereocenters. The van der Waals surface area contributed by atoms with E-state index < -0.39 is 0 Å². The molecule has 0 bridgehead atoms. The smallest absolute Gasteiger partial charge is 0.191 e. The van der Waals surface area contributed by atoms with Crippen molar-refractivity contribution in [3.63, 3.8) is 0 Å². The molecule has 1 aliphatic rings. The quantitative estimate of drug-likeness (QED) is 0.503. The number of nitrogens with one attached hydrogen (secondary N) is 2. The first-order chi connectivity index (χ1) is 14.3. The first kappa shape index (κ1) is 21.1. The Hall–Kier alpha value is -2.57. The third-order valence-corrected chi connectivity index (χ3v) is 4.90. The number of nitrogens with zero attached hydrogens (tertiary/aromatic N) is 2. The molecule has 0 radical (unpaired) electrons. The van der Waals surface area contributed by atoms with E-state index in [2.05, 4.69) is 44.8 Å². The first-order valence-corrected chi connectivity index (χ1v) is 10.3. The number of hydrogen-bond acceptors (Lipinski definition) is 4. The topological polar surface area (TPSA) is 58.1 Å². The third-order valence-electron chi connectivity index (χ3n) is 4.90. The average Bonchev–Trinajstić information content (AvgIpc) is 2.78. The summed E-state index contributed by atoms with van der Waals surface area (Å²) in [4.78, 5) is 6.72. The van der Waals surface area contributed by atoms with Crippen LogP contribution in [0.25, 0.3) is 0 Å². The number of guanidine groups is 1. The fourth-order valence-corrected chi connectivity index (χ4v) is 3.23. The van der Waals surface area contributed by atoms with Gasteiger partial charge in [0.1, 0.15) is 12.4 Å². The van der Waals surface area contributed by atoms with Gasteiger partial charge in [0.15, 0.2) is 5.96 Å². The van der Waals surface area contributed by atoms with Gasteiger partial charge in [0, 0.05) is 39.8 Å². The van der Waals surface area contributed by atoms with Gasteiger partial charge in [-0.2, -0.15) is 0 Å². The lowest BCUT2D eigenvalue weighted by Gasteiger charge is -2.26. The van der Waals surface area contributed by atoms with E-state index in [9.17, 15) is 0 Å². The van der Waals surface area contributed by atoms with Crippen LogP contribution in [0.1, 0.15) is 11.1 Å². The monoisotopic (exact) mass is 396 g/mol. The SMILES string of the molecule is CN=C(NCCc1cccc(OCc2ccccc2)c1)NCCN1CCOCC1. The van der Waals surface area contributed by atoms with Gasteiger partial charge >= 0.3 is 0 Å². The van der Waals surface area contributed by atoms with Crippen LogP contribution >= 0.6 is 0 Å². The highest BCUT2D eigenvalue weighted by Crippen LogP contribution is 2.15. The van der Waals surface area contributed by atoms with Crippen molar-refractivity contribution in [3.05, 3.63) is 65.7 Å². The minimum Gasteiger partial charge on any atom is -0.489 e. The fraction of sp³-hybridized carbons (Fsp3) is 0.435. The molecule has 6 heteroatoms. The zero-order valence-electron chi connectivity index (χ0n) is 17.3. The summed E-state index contributed by atoms with van der Waals surface area (Å²) in [6.07, 6.45) is 0.909. The van der Waals surface area contributed by atoms with Crippen molar-refractivity contribution in [3.8, 4) is 5.75 Å². The summed E-state index contributed by atoms with van der Waals surface area (Å²) in [5.74, 6) is 1.74. The van der Waals surface area contributed by atoms with Crippen molar-refractivity contribution in [2.75, 3.05) is 53.0 Å². The van der Waals surface area contributed by atoms with Crippen LogP contribution in [-0.2, 0) is 17.8 Å². The van der Waals surface area contributed by atoms with Gasteiger partial charge in [-0.3, -0.25) is 9.89 Å². The van der Waals surface area contributed by atoms with E-state index in [1.54, 1.807) is 0 Å². The lowest BCUT2D eigenvalue weighted by molar-refractivity contribution is 0.0389. The molecule has 3 rings (SSSR count). The van der Waals surface area contributed by atoms with E-state index >= 15 is 0 Å². The van der Waals surface area contributed by atoms with Gasteiger partial charge in [0.2, 0.25) is 0 Å². The molecule has 1 fully saturated rings. The molecule has 2 aromatic rings. The zero-order chi connectivity index (χ0) is 20.2. The number of hydrogen-bond donors (Lipinski definition) is 2. The normalized spacial score (nSPS) is 15.1. The molecular formula is C23H32N4O2. The molecule has 2 N–H and O–H groups in total. The summed E-state index contributed by atoms with van der Waals surface area (Å²) in [5.41, 5.74) is 2.42. The van der Waals surface area contributed by atoms with Crippen LogP contribution in [0.4, 0.5) is 0 Å². The zero-order valence-corrected chi connectivity index (χ0v) is 17.3. The van der Waals surface area contributed by atoms with E-state index in [4.69, 9.17) is 9.47 Å². The van der Waals surface area contributed by atoms with Crippen LogP contribution in [0.2, 0.25) is 0 Å². The van der Waals surface area contributed by atoms with Crippen LogP contribution in [-0.4, -0.2) is 63.8 Å². The minimum atomic E-state index is 0.586. The Labute approximate surface area is 173 Å². The number of morpholine rings is 1. The van der Waals surface area contributed by atoms with Crippen molar-refractivity contribution in [1.29, 1.82) is 0 Å². The molecular weight excluding hydrogens is 364 g/mol. The van der Waals surface area contributed by atoms with Gasteiger partial charge in [-0.15, -0.1) is 0 Å². The molecule has 29 heavy (non-hydrogen) atoms. The van der Waals surface area contributed by atoms with Gasteiger partial charge in [-0.1, -0.05) is 42.5 Å².